The summed E-state index contributed by atoms with van der Waals surface area (Å²) in [6.45, 7) is 3.33. The van der Waals surface area contributed by atoms with Gasteiger partial charge < -0.3 is 16.8 Å². The van der Waals surface area contributed by atoms with E-state index in [9.17, 15) is 19.7 Å². The molecular weight excluding hydrogens is 300 g/mol. The minimum atomic E-state index is -0.757. The first-order valence-electron chi connectivity index (χ1n) is 6.76. The van der Waals surface area contributed by atoms with Crippen molar-refractivity contribution in [2.75, 3.05) is 0 Å². The molecule has 5 N–H and O–H groups in total. The molecule has 1 heterocycles. The molecule has 0 aliphatic carbocycles. The Morgan fingerprint density at radius 3 is 1.83 bits per heavy atom. The monoisotopic (exact) mass is 316 g/mol. The SMILES string of the molecule is CC1=C(C(N)=O)C(c2ccc([N+](=O)[O-])cc2)C(C(N)=O)=C(C)N1. The number of allylic oxidation sites excluding steroid dienone is 2. The van der Waals surface area contributed by atoms with Crippen molar-refractivity contribution in [1.82, 2.24) is 5.32 Å². The van der Waals surface area contributed by atoms with Crippen molar-refractivity contribution in [3.05, 3.63) is 62.5 Å². The van der Waals surface area contributed by atoms with E-state index in [0.29, 0.717) is 17.0 Å². The van der Waals surface area contributed by atoms with Crippen molar-refractivity contribution in [3.63, 3.8) is 0 Å². The number of carbonyl (C=O) groups excluding carboxylic acids is 2. The van der Waals surface area contributed by atoms with Crippen LogP contribution in [0.5, 0.6) is 0 Å². The van der Waals surface area contributed by atoms with E-state index >= 15 is 0 Å². The first kappa shape index (κ1) is 16.2. The molecule has 0 unspecified atom stereocenters. The van der Waals surface area contributed by atoms with Gasteiger partial charge in [0.1, 0.15) is 0 Å². The third-order valence-corrected chi connectivity index (χ3v) is 3.73. The number of carbonyl (C=O) groups is 2. The third-order valence-electron chi connectivity index (χ3n) is 3.73. The molecule has 1 aromatic rings. The van der Waals surface area contributed by atoms with Gasteiger partial charge in [0.2, 0.25) is 11.8 Å². The van der Waals surface area contributed by atoms with Gasteiger partial charge in [-0.05, 0) is 19.4 Å². The second kappa shape index (κ2) is 5.91. The number of primary amides is 2. The number of hydrogen-bond donors (Lipinski definition) is 3. The third kappa shape index (κ3) is 2.91. The van der Waals surface area contributed by atoms with Crippen molar-refractivity contribution in [2.24, 2.45) is 11.5 Å². The molecule has 2 rings (SSSR count). The highest BCUT2D eigenvalue weighted by Crippen LogP contribution is 2.38. The maximum atomic E-state index is 11.8. The van der Waals surface area contributed by atoms with E-state index in [1.54, 1.807) is 13.8 Å². The van der Waals surface area contributed by atoms with Crippen molar-refractivity contribution in [1.29, 1.82) is 0 Å². The molecule has 23 heavy (non-hydrogen) atoms. The average molecular weight is 316 g/mol. The summed E-state index contributed by atoms with van der Waals surface area (Å²) in [5.74, 6) is -2.14. The molecule has 0 saturated carbocycles. The average Bonchev–Trinajstić information content (AvgIpc) is 2.45. The van der Waals surface area contributed by atoms with Gasteiger partial charge in [-0.2, -0.15) is 0 Å². The summed E-state index contributed by atoms with van der Waals surface area (Å²) in [6, 6.07) is 5.58. The molecule has 0 fully saturated rings. The fourth-order valence-corrected chi connectivity index (χ4v) is 2.77. The first-order chi connectivity index (χ1) is 10.7. The number of nitrogens with one attached hydrogen (secondary N) is 1. The summed E-state index contributed by atoms with van der Waals surface area (Å²) in [7, 11) is 0. The van der Waals surface area contributed by atoms with Crippen LogP contribution in [0.15, 0.2) is 46.8 Å². The van der Waals surface area contributed by atoms with Crippen molar-refractivity contribution in [2.45, 2.75) is 19.8 Å². The largest absolute Gasteiger partial charge is 0.366 e. The highest BCUT2D eigenvalue weighted by molar-refractivity contribution is 6.02. The van der Waals surface area contributed by atoms with Crippen molar-refractivity contribution >= 4 is 17.5 Å². The number of hydrogen-bond acceptors (Lipinski definition) is 5. The van der Waals surface area contributed by atoms with Crippen LogP contribution in [0, 0.1) is 10.1 Å². The topological polar surface area (TPSA) is 141 Å². The number of rotatable bonds is 4. The van der Waals surface area contributed by atoms with Crippen molar-refractivity contribution < 1.29 is 14.5 Å². The molecular formula is C15H16N4O4. The summed E-state index contributed by atoms with van der Waals surface area (Å²) in [5.41, 5.74) is 12.8. The van der Waals surface area contributed by atoms with Gasteiger partial charge in [0.15, 0.2) is 0 Å². The number of benzene rings is 1. The molecule has 8 heteroatoms. The number of nitro benzene ring substituents is 1. The van der Waals surface area contributed by atoms with E-state index in [2.05, 4.69) is 5.32 Å². The van der Waals surface area contributed by atoms with Gasteiger partial charge in [-0.1, -0.05) is 12.1 Å². The van der Waals surface area contributed by atoms with Crippen molar-refractivity contribution in [3.8, 4) is 0 Å². The maximum Gasteiger partial charge on any atom is 0.269 e. The van der Waals surface area contributed by atoms with Crippen LogP contribution in [-0.2, 0) is 9.59 Å². The van der Waals surface area contributed by atoms with Crippen LogP contribution >= 0.6 is 0 Å². The molecule has 8 nitrogen and oxygen atoms in total. The number of nitrogens with two attached hydrogens (primary N) is 2. The minimum absolute atomic E-state index is 0.0923. The number of nitro groups is 1. The van der Waals surface area contributed by atoms with Gasteiger partial charge in [0, 0.05) is 40.6 Å². The summed E-state index contributed by atoms with van der Waals surface area (Å²) < 4.78 is 0. The highest BCUT2D eigenvalue weighted by atomic mass is 16.6. The predicted octanol–water partition coefficient (Wildman–Crippen LogP) is 0.800. The lowest BCUT2D eigenvalue weighted by Gasteiger charge is -2.29. The van der Waals surface area contributed by atoms with Gasteiger partial charge in [0.25, 0.3) is 5.69 Å². The van der Waals surface area contributed by atoms with Crippen LogP contribution in [-0.4, -0.2) is 16.7 Å². The zero-order chi connectivity index (χ0) is 17.3. The molecule has 1 aliphatic rings. The Morgan fingerprint density at radius 2 is 1.48 bits per heavy atom. The van der Waals surface area contributed by atoms with Crippen LogP contribution < -0.4 is 16.8 Å². The van der Waals surface area contributed by atoms with Gasteiger partial charge in [-0.3, -0.25) is 19.7 Å². The Balaban J connectivity index is 2.64. The lowest BCUT2D eigenvalue weighted by atomic mass is 9.80. The molecule has 0 radical (unpaired) electrons. The summed E-state index contributed by atoms with van der Waals surface area (Å²) in [6.07, 6.45) is 0. The van der Waals surface area contributed by atoms with Gasteiger partial charge >= 0.3 is 0 Å². The van der Waals surface area contributed by atoms with Gasteiger partial charge in [0.05, 0.1) is 4.92 Å². The molecule has 0 bridgehead atoms. The second-order valence-corrected chi connectivity index (χ2v) is 5.21. The van der Waals surface area contributed by atoms with Gasteiger partial charge in [-0.15, -0.1) is 0 Å². The van der Waals surface area contributed by atoms with Crippen LogP contribution in [0.2, 0.25) is 0 Å². The van der Waals surface area contributed by atoms with Gasteiger partial charge in [-0.25, -0.2) is 0 Å². The number of nitrogens with zero attached hydrogens (tertiary/aromatic N) is 1. The lowest BCUT2D eigenvalue weighted by Crippen LogP contribution is -2.35. The molecule has 1 aromatic carbocycles. The number of amides is 2. The quantitative estimate of drug-likeness (QED) is 0.556. The van der Waals surface area contributed by atoms with Crippen LogP contribution in [0.1, 0.15) is 25.3 Å². The minimum Gasteiger partial charge on any atom is -0.366 e. The smallest absolute Gasteiger partial charge is 0.269 e. The molecule has 0 saturated heterocycles. The van der Waals surface area contributed by atoms with E-state index in [4.69, 9.17) is 11.5 Å². The highest BCUT2D eigenvalue weighted by Gasteiger charge is 2.34. The normalized spacial score (nSPS) is 15.4. The predicted molar refractivity (Wildman–Crippen MR) is 82.8 cm³/mol. The standard InChI is InChI=1S/C15H16N4O4/c1-7-11(14(16)20)13(12(15(17)21)8(2)18-7)9-3-5-10(6-4-9)19(22)23/h3-6,13,18H,1-2H3,(H2,16,20)(H2,17,21). The van der Waals surface area contributed by atoms with E-state index in [1.165, 1.54) is 24.3 Å². The molecule has 0 spiro atoms. The Morgan fingerprint density at radius 1 is 1.04 bits per heavy atom. The molecule has 2 amide bonds. The summed E-state index contributed by atoms with van der Waals surface area (Å²) in [5, 5.41) is 13.7. The Kier molecular flexibility index (Phi) is 4.17. The van der Waals surface area contributed by atoms with E-state index in [1.807, 2.05) is 0 Å². The zero-order valence-electron chi connectivity index (χ0n) is 12.6. The van der Waals surface area contributed by atoms with Crippen LogP contribution in [0.4, 0.5) is 5.69 Å². The van der Waals surface area contributed by atoms with E-state index < -0.39 is 22.7 Å². The fraction of sp³-hybridized carbons (Fsp3) is 0.200. The second-order valence-electron chi connectivity index (χ2n) is 5.21. The Hall–Kier alpha value is -3.16. The molecule has 0 atom stereocenters. The zero-order valence-corrected chi connectivity index (χ0v) is 12.6. The van der Waals surface area contributed by atoms with Crippen LogP contribution in [0.25, 0.3) is 0 Å². The molecule has 1 aliphatic heterocycles. The Labute approximate surface area is 132 Å². The lowest BCUT2D eigenvalue weighted by molar-refractivity contribution is -0.384. The summed E-state index contributed by atoms with van der Waals surface area (Å²) >= 11 is 0. The number of non-ortho nitro benzene ring substituents is 1. The van der Waals surface area contributed by atoms with Crippen LogP contribution in [0.3, 0.4) is 0 Å². The van der Waals surface area contributed by atoms with E-state index in [0.717, 1.165) is 0 Å². The molecule has 0 aromatic heterocycles. The van der Waals surface area contributed by atoms with E-state index in [-0.39, 0.29) is 16.8 Å². The maximum absolute atomic E-state index is 11.8. The summed E-state index contributed by atoms with van der Waals surface area (Å²) in [4.78, 5) is 33.9. The first-order valence-corrected chi connectivity index (χ1v) is 6.76. The fourth-order valence-electron chi connectivity index (χ4n) is 2.77. The number of dihydropyridines is 1. The molecule has 120 valence electrons. The Bertz CT molecular complexity index is 726.